The molecule has 1 fully saturated rings. The lowest BCUT2D eigenvalue weighted by Gasteiger charge is -2.33. The van der Waals surface area contributed by atoms with Crippen LogP contribution in [0.15, 0.2) is 60.9 Å². The van der Waals surface area contributed by atoms with Gasteiger partial charge >= 0.3 is 0 Å². The van der Waals surface area contributed by atoms with E-state index >= 15 is 0 Å². The first-order valence-electron chi connectivity index (χ1n) is 8.56. The summed E-state index contributed by atoms with van der Waals surface area (Å²) in [4.78, 5) is 11.3. The molecule has 3 heterocycles. The number of aromatic nitrogens is 4. The Morgan fingerprint density at radius 2 is 1.92 bits per heavy atom. The lowest BCUT2D eigenvalue weighted by Crippen LogP contribution is -2.42. The molecule has 1 N–H and O–H groups in total. The van der Waals surface area contributed by atoms with Gasteiger partial charge in [0.2, 0.25) is 0 Å². The second-order valence-electron chi connectivity index (χ2n) is 6.14. The fourth-order valence-corrected chi connectivity index (χ4v) is 3.14. The summed E-state index contributed by atoms with van der Waals surface area (Å²) < 4.78 is 0. The molecular formula is C19H20N6. The summed E-state index contributed by atoms with van der Waals surface area (Å²) in [6.07, 6.45) is 5.74. The van der Waals surface area contributed by atoms with Gasteiger partial charge in [-0.3, -0.25) is 0 Å². The SMILES string of the molecule is c1ccc(-c2nccc(NC3CCCN(c4cccnn4)C3)n2)cc1. The molecule has 0 bridgehead atoms. The largest absolute Gasteiger partial charge is 0.365 e. The lowest BCUT2D eigenvalue weighted by atomic mass is 10.1. The summed E-state index contributed by atoms with van der Waals surface area (Å²) >= 11 is 0. The minimum absolute atomic E-state index is 0.328. The highest BCUT2D eigenvalue weighted by molar-refractivity contribution is 5.56. The molecule has 1 aliphatic rings. The van der Waals surface area contributed by atoms with Gasteiger partial charge in [0.15, 0.2) is 11.6 Å². The van der Waals surface area contributed by atoms with Crippen LogP contribution < -0.4 is 10.2 Å². The summed E-state index contributed by atoms with van der Waals surface area (Å²) in [5.41, 5.74) is 1.02. The molecule has 3 aromatic rings. The number of benzene rings is 1. The first-order valence-corrected chi connectivity index (χ1v) is 8.56. The van der Waals surface area contributed by atoms with E-state index in [2.05, 4.69) is 30.4 Å². The number of nitrogens with zero attached hydrogens (tertiary/aromatic N) is 5. The van der Waals surface area contributed by atoms with Crippen LogP contribution in [0.3, 0.4) is 0 Å². The summed E-state index contributed by atoms with van der Waals surface area (Å²) in [5, 5.41) is 11.8. The maximum Gasteiger partial charge on any atom is 0.161 e. The predicted molar refractivity (Wildman–Crippen MR) is 98.4 cm³/mol. The van der Waals surface area contributed by atoms with Crippen LogP contribution in [-0.4, -0.2) is 39.3 Å². The second-order valence-corrected chi connectivity index (χ2v) is 6.14. The quantitative estimate of drug-likeness (QED) is 0.792. The summed E-state index contributed by atoms with van der Waals surface area (Å²) in [6.45, 7) is 1.90. The molecule has 0 saturated carbocycles. The molecule has 6 heteroatoms. The van der Waals surface area contributed by atoms with Crippen molar-refractivity contribution in [2.75, 3.05) is 23.3 Å². The third-order valence-corrected chi connectivity index (χ3v) is 4.34. The van der Waals surface area contributed by atoms with Crippen molar-refractivity contribution >= 4 is 11.6 Å². The zero-order chi connectivity index (χ0) is 16.9. The van der Waals surface area contributed by atoms with Gasteiger partial charge in [-0.15, -0.1) is 5.10 Å². The van der Waals surface area contributed by atoms with Crippen LogP contribution in [0.5, 0.6) is 0 Å². The van der Waals surface area contributed by atoms with E-state index in [0.29, 0.717) is 6.04 Å². The smallest absolute Gasteiger partial charge is 0.161 e. The molecule has 1 aromatic carbocycles. The van der Waals surface area contributed by atoms with E-state index in [-0.39, 0.29) is 0 Å². The lowest BCUT2D eigenvalue weighted by molar-refractivity contribution is 0.524. The van der Waals surface area contributed by atoms with Crippen molar-refractivity contribution in [2.24, 2.45) is 0 Å². The van der Waals surface area contributed by atoms with Crippen molar-refractivity contribution in [3.8, 4) is 11.4 Å². The molecule has 1 atom stereocenters. The molecule has 4 rings (SSSR count). The highest BCUT2D eigenvalue weighted by Gasteiger charge is 2.21. The van der Waals surface area contributed by atoms with Crippen molar-refractivity contribution < 1.29 is 0 Å². The van der Waals surface area contributed by atoms with Crippen molar-refractivity contribution in [3.05, 3.63) is 60.9 Å². The Kier molecular flexibility index (Phi) is 4.50. The van der Waals surface area contributed by atoms with Crippen LogP contribution in [-0.2, 0) is 0 Å². The van der Waals surface area contributed by atoms with Crippen molar-refractivity contribution in [1.29, 1.82) is 0 Å². The maximum absolute atomic E-state index is 4.67. The summed E-state index contributed by atoms with van der Waals surface area (Å²) in [7, 11) is 0. The molecular weight excluding hydrogens is 312 g/mol. The predicted octanol–water partition coefficient (Wildman–Crippen LogP) is 3.01. The number of hydrogen-bond acceptors (Lipinski definition) is 6. The van der Waals surface area contributed by atoms with Gasteiger partial charge in [0, 0.05) is 37.1 Å². The van der Waals surface area contributed by atoms with Crippen molar-refractivity contribution in [2.45, 2.75) is 18.9 Å². The standard InChI is InChI=1S/C19H20N6/c1-2-6-15(7-3-1)19-20-12-10-17(23-19)22-16-8-5-13-25(14-16)18-9-4-11-21-24-18/h1-4,6-7,9-12,16H,5,8,13-14H2,(H,20,22,23). The molecule has 1 unspecified atom stereocenters. The van der Waals surface area contributed by atoms with E-state index < -0.39 is 0 Å². The van der Waals surface area contributed by atoms with Gasteiger partial charge in [-0.25, -0.2) is 9.97 Å². The number of nitrogens with one attached hydrogen (secondary N) is 1. The summed E-state index contributed by atoms with van der Waals surface area (Å²) in [5.74, 6) is 2.54. The topological polar surface area (TPSA) is 66.8 Å². The zero-order valence-corrected chi connectivity index (χ0v) is 13.9. The minimum Gasteiger partial charge on any atom is -0.365 e. The Hall–Kier alpha value is -3.02. The number of hydrogen-bond donors (Lipinski definition) is 1. The van der Waals surface area contributed by atoms with Crippen LogP contribution in [0.25, 0.3) is 11.4 Å². The van der Waals surface area contributed by atoms with Gasteiger partial charge < -0.3 is 10.2 Å². The summed E-state index contributed by atoms with van der Waals surface area (Å²) in [6, 6.07) is 16.2. The molecule has 0 spiro atoms. The van der Waals surface area contributed by atoms with Gasteiger partial charge in [0.25, 0.3) is 0 Å². The van der Waals surface area contributed by atoms with Gasteiger partial charge in [0.05, 0.1) is 0 Å². The molecule has 1 aliphatic heterocycles. The Morgan fingerprint density at radius 3 is 2.76 bits per heavy atom. The molecule has 0 amide bonds. The van der Waals surface area contributed by atoms with Crippen LogP contribution in [0.2, 0.25) is 0 Å². The third-order valence-electron chi connectivity index (χ3n) is 4.34. The first-order chi connectivity index (χ1) is 12.4. The fraction of sp³-hybridized carbons (Fsp3) is 0.263. The Labute approximate surface area is 147 Å². The van der Waals surface area contributed by atoms with Crippen LogP contribution in [0, 0.1) is 0 Å². The molecule has 126 valence electrons. The Balaban J connectivity index is 1.47. The van der Waals surface area contributed by atoms with E-state index in [1.807, 2.05) is 48.5 Å². The third kappa shape index (κ3) is 3.74. The number of anilines is 2. The number of piperidine rings is 1. The van der Waals surface area contributed by atoms with Crippen LogP contribution in [0.4, 0.5) is 11.6 Å². The molecule has 25 heavy (non-hydrogen) atoms. The minimum atomic E-state index is 0.328. The monoisotopic (exact) mass is 332 g/mol. The van der Waals surface area contributed by atoms with E-state index in [1.54, 1.807) is 12.4 Å². The highest BCUT2D eigenvalue weighted by Crippen LogP contribution is 2.20. The molecule has 1 saturated heterocycles. The van der Waals surface area contributed by atoms with E-state index in [9.17, 15) is 0 Å². The van der Waals surface area contributed by atoms with Gasteiger partial charge in [-0.1, -0.05) is 30.3 Å². The molecule has 0 aliphatic carbocycles. The molecule has 2 aromatic heterocycles. The van der Waals surface area contributed by atoms with Gasteiger partial charge in [0.1, 0.15) is 5.82 Å². The Bertz CT molecular complexity index is 808. The molecule has 6 nitrogen and oxygen atoms in total. The van der Waals surface area contributed by atoms with E-state index in [4.69, 9.17) is 0 Å². The van der Waals surface area contributed by atoms with E-state index in [0.717, 1.165) is 49.0 Å². The highest BCUT2D eigenvalue weighted by atomic mass is 15.3. The molecule has 0 radical (unpaired) electrons. The fourth-order valence-electron chi connectivity index (χ4n) is 3.14. The maximum atomic E-state index is 4.67. The number of rotatable bonds is 4. The van der Waals surface area contributed by atoms with Crippen molar-refractivity contribution in [3.63, 3.8) is 0 Å². The normalized spacial score (nSPS) is 17.3. The Morgan fingerprint density at radius 1 is 1.00 bits per heavy atom. The van der Waals surface area contributed by atoms with Crippen LogP contribution >= 0.6 is 0 Å². The zero-order valence-electron chi connectivity index (χ0n) is 13.9. The van der Waals surface area contributed by atoms with Crippen LogP contribution in [0.1, 0.15) is 12.8 Å². The van der Waals surface area contributed by atoms with Gasteiger partial charge in [-0.05, 0) is 31.0 Å². The average Bonchev–Trinajstić information content (AvgIpc) is 2.70. The van der Waals surface area contributed by atoms with Gasteiger partial charge in [-0.2, -0.15) is 5.10 Å². The van der Waals surface area contributed by atoms with E-state index in [1.165, 1.54) is 0 Å². The first kappa shape index (κ1) is 15.5. The second kappa shape index (κ2) is 7.25. The van der Waals surface area contributed by atoms with Crippen molar-refractivity contribution in [1.82, 2.24) is 20.2 Å². The average molecular weight is 332 g/mol.